The molecule has 0 saturated heterocycles. The molecule has 3 rings (SSSR count). The number of nitrogens with two attached hydrogens (primary N) is 1. The van der Waals surface area contributed by atoms with Gasteiger partial charge in [-0.3, -0.25) is 4.68 Å². The normalized spacial score (nSPS) is 10.9. The van der Waals surface area contributed by atoms with E-state index in [1.165, 1.54) is 10.4 Å². The first-order valence-electron chi connectivity index (χ1n) is 6.52. The van der Waals surface area contributed by atoms with Gasteiger partial charge in [-0.05, 0) is 12.1 Å². The molecule has 0 bridgehead atoms. The van der Waals surface area contributed by atoms with Gasteiger partial charge in [0.1, 0.15) is 0 Å². The Morgan fingerprint density at radius 2 is 2.00 bits per heavy atom. The zero-order chi connectivity index (χ0) is 13.9. The monoisotopic (exact) mass is 284 g/mol. The average Bonchev–Trinajstić information content (AvgIpc) is 3.06. The van der Waals surface area contributed by atoms with Crippen molar-refractivity contribution < 1.29 is 0 Å². The van der Waals surface area contributed by atoms with Gasteiger partial charge in [-0.2, -0.15) is 5.10 Å². The molecule has 0 atom stereocenters. The fourth-order valence-corrected chi connectivity index (χ4v) is 3.23. The summed E-state index contributed by atoms with van der Waals surface area (Å²) in [6.45, 7) is 0.619. The Morgan fingerprint density at radius 3 is 2.65 bits per heavy atom. The molecule has 2 aromatic heterocycles. The van der Waals surface area contributed by atoms with Crippen LogP contribution in [0, 0.1) is 0 Å². The Morgan fingerprint density at radius 1 is 1.20 bits per heavy atom. The van der Waals surface area contributed by atoms with E-state index in [0.29, 0.717) is 6.54 Å². The summed E-state index contributed by atoms with van der Waals surface area (Å²) < 4.78 is 1.80. The SMILES string of the molecule is Cn1cc(-c2nc(CCN)sc2-c2ccccc2)cn1. The van der Waals surface area contributed by atoms with E-state index in [2.05, 4.69) is 17.2 Å². The van der Waals surface area contributed by atoms with Gasteiger partial charge in [0, 0.05) is 25.2 Å². The second kappa shape index (κ2) is 5.56. The molecular formula is C15H16N4S. The fraction of sp³-hybridized carbons (Fsp3) is 0.200. The molecule has 1 aromatic carbocycles. The summed E-state index contributed by atoms with van der Waals surface area (Å²) in [5.74, 6) is 0. The first kappa shape index (κ1) is 13.0. The summed E-state index contributed by atoms with van der Waals surface area (Å²) in [6.07, 6.45) is 4.66. The van der Waals surface area contributed by atoms with Crippen molar-refractivity contribution in [2.45, 2.75) is 6.42 Å². The zero-order valence-corrected chi connectivity index (χ0v) is 12.1. The van der Waals surface area contributed by atoms with Crippen molar-refractivity contribution in [2.24, 2.45) is 12.8 Å². The minimum Gasteiger partial charge on any atom is -0.330 e. The number of nitrogens with zero attached hydrogens (tertiary/aromatic N) is 3. The molecule has 0 fully saturated rings. The van der Waals surface area contributed by atoms with E-state index < -0.39 is 0 Å². The Balaban J connectivity index is 2.12. The van der Waals surface area contributed by atoms with Gasteiger partial charge in [0.2, 0.25) is 0 Å². The number of aryl methyl sites for hydroxylation is 1. The molecule has 4 nitrogen and oxygen atoms in total. The van der Waals surface area contributed by atoms with E-state index in [9.17, 15) is 0 Å². The van der Waals surface area contributed by atoms with Gasteiger partial charge >= 0.3 is 0 Å². The summed E-state index contributed by atoms with van der Waals surface area (Å²) in [6, 6.07) is 10.3. The lowest BCUT2D eigenvalue weighted by Crippen LogP contribution is -2.01. The van der Waals surface area contributed by atoms with Gasteiger partial charge in [-0.15, -0.1) is 11.3 Å². The molecule has 0 radical (unpaired) electrons. The lowest BCUT2D eigenvalue weighted by atomic mass is 10.1. The Labute approximate surface area is 121 Å². The molecule has 0 spiro atoms. The first-order valence-corrected chi connectivity index (χ1v) is 7.34. The van der Waals surface area contributed by atoms with E-state index in [-0.39, 0.29) is 0 Å². The van der Waals surface area contributed by atoms with Crippen LogP contribution in [0.2, 0.25) is 0 Å². The summed E-state index contributed by atoms with van der Waals surface area (Å²) in [5, 5.41) is 5.31. The number of rotatable bonds is 4. The van der Waals surface area contributed by atoms with Crippen LogP contribution in [0.15, 0.2) is 42.7 Å². The second-order valence-electron chi connectivity index (χ2n) is 4.59. The molecule has 0 aliphatic rings. The minimum absolute atomic E-state index is 0.619. The zero-order valence-electron chi connectivity index (χ0n) is 11.3. The molecule has 0 saturated carbocycles. The van der Waals surface area contributed by atoms with Gasteiger partial charge in [0.15, 0.2) is 0 Å². The highest BCUT2D eigenvalue weighted by Crippen LogP contribution is 2.36. The summed E-state index contributed by atoms with van der Waals surface area (Å²) in [5.41, 5.74) is 8.88. The van der Waals surface area contributed by atoms with Crippen LogP contribution in [-0.2, 0) is 13.5 Å². The number of benzene rings is 1. The van der Waals surface area contributed by atoms with Crippen LogP contribution in [0.5, 0.6) is 0 Å². The van der Waals surface area contributed by atoms with Gasteiger partial charge in [0.05, 0.1) is 21.8 Å². The van der Waals surface area contributed by atoms with E-state index in [4.69, 9.17) is 10.7 Å². The van der Waals surface area contributed by atoms with Crippen molar-refractivity contribution >= 4 is 11.3 Å². The van der Waals surface area contributed by atoms with Crippen molar-refractivity contribution in [3.63, 3.8) is 0 Å². The molecule has 20 heavy (non-hydrogen) atoms. The number of thiazole rings is 1. The number of aromatic nitrogens is 3. The highest BCUT2D eigenvalue weighted by atomic mass is 32.1. The summed E-state index contributed by atoms with van der Waals surface area (Å²) in [7, 11) is 1.92. The van der Waals surface area contributed by atoms with E-state index >= 15 is 0 Å². The molecular weight excluding hydrogens is 268 g/mol. The quantitative estimate of drug-likeness (QED) is 0.801. The molecule has 0 amide bonds. The summed E-state index contributed by atoms with van der Waals surface area (Å²) >= 11 is 1.71. The molecule has 2 N–H and O–H groups in total. The first-order chi connectivity index (χ1) is 9.78. The average molecular weight is 284 g/mol. The number of hydrogen-bond acceptors (Lipinski definition) is 4. The number of hydrogen-bond donors (Lipinski definition) is 1. The van der Waals surface area contributed by atoms with Gasteiger partial charge < -0.3 is 5.73 Å². The lowest BCUT2D eigenvalue weighted by molar-refractivity contribution is 0.768. The van der Waals surface area contributed by atoms with E-state index in [1.807, 2.05) is 37.6 Å². The van der Waals surface area contributed by atoms with Gasteiger partial charge in [-0.1, -0.05) is 30.3 Å². The Hall–Kier alpha value is -1.98. The second-order valence-corrected chi connectivity index (χ2v) is 5.68. The van der Waals surface area contributed by atoms with Gasteiger partial charge in [-0.25, -0.2) is 4.98 Å². The van der Waals surface area contributed by atoms with Crippen LogP contribution < -0.4 is 5.73 Å². The van der Waals surface area contributed by atoms with Crippen molar-refractivity contribution in [2.75, 3.05) is 6.54 Å². The maximum Gasteiger partial charge on any atom is 0.0951 e. The summed E-state index contributed by atoms with van der Waals surface area (Å²) in [4.78, 5) is 5.93. The maximum absolute atomic E-state index is 5.65. The third kappa shape index (κ3) is 2.50. The standard InChI is InChI=1S/C15H16N4S/c1-19-10-12(9-17-19)14-15(11-5-3-2-4-6-11)20-13(18-14)7-8-16/h2-6,9-10H,7-8,16H2,1H3. The highest BCUT2D eigenvalue weighted by molar-refractivity contribution is 7.15. The van der Waals surface area contributed by atoms with Crippen LogP contribution >= 0.6 is 11.3 Å². The maximum atomic E-state index is 5.65. The molecule has 0 unspecified atom stereocenters. The fourth-order valence-electron chi connectivity index (χ4n) is 2.12. The highest BCUT2D eigenvalue weighted by Gasteiger charge is 2.15. The van der Waals surface area contributed by atoms with Crippen molar-refractivity contribution in [3.05, 3.63) is 47.7 Å². The molecule has 0 aliphatic heterocycles. The molecule has 2 heterocycles. The molecule has 0 aliphatic carbocycles. The van der Waals surface area contributed by atoms with Crippen LogP contribution in [-0.4, -0.2) is 21.3 Å². The van der Waals surface area contributed by atoms with Crippen molar-refractivity contribution in [1.29, 1.82) is 0 Å². The Kier molecular flexibility index (Phi) is 3.62. The topological polar surface area (TPSA) is 56.7 Å². The predicted molar refractivity (Wildman–Crippen MR) is 82.5 cm³/mol. The van der Waals surface area contributed by atoms with Gasteiger partial charge in [0.25, 0.3) is 0 Å². The van der Waals surface area contributed by atoms with E-state index in [0.717, 1.165) is 22.7 Å². The smallest absolute Gasteiger partial charge is 0.0951 e. The molecule has 5 heteroatoms. The van der Waals surface area contributed by atoms with Crippen molar-refractivity contribution in [3.8, 4) is 21.7 Å². The minimum atomic E-state index is 0.619. The third-order valence-corrected chi connectivity index (χ3v) is 4.21. The molecule has 102 valence electrons. The largest absolute Gasteiger partial charge is 0.330 e. The van der Waals surface area contributed by atoms with E-state index in [1.54, 1.807) is 16.0 Å². The van der Waals surface area contributed by atoms with Crippen LogP contribution in [0.3, 0.4) is 0 Å². The third-order valence-electron chi connectivity index (χ3n) is 3.04. The van der Waals surface area contributed by atoms with Crippen LogP contribution in [0.4, 0.5) is 0 Å². The van der Waals surface area contributed by atoms with Crippen LogP contribution in [0.25, 0.3) is 21.7 Å². The van der Waals surface area contributed by atoms with Crippen LogP contribution in [0.1, 0.15) is 5.01 Å². The molecule has 3 aromatic rings. The lowest BCUT2D eigenvalue weighted by Gasteiger charge is -1.99. The predicted octanol–water partition coefficient (Wildman–Crippen LogP) is 2.71. The van der Waals surface area contributed by atoms with Crippen molar-refractivity contribution in [1.82, 2.24) is 14.8 Å². The Bertz CT molecular complexity index is 700.